The fourth-order valence-corrected chi connectivity index (χ4v) is 5.15. The molecular weight excluding hydrogens is 334 g/mol. The largest absolute Gasteiger partial charge is 0.204 e. The Balaban J connectivity index is 1.60. The van der Waals surface area contributed by atoms with E-state index in [4.69, 9.17) is 0 Å². The first-order valence-electron chi connectivity index (χ1n) is 8.21. The van der Waals surface area contributed by atoms with Crippen LogP contribution in [0.4, 0.5) is 8.78 Å². The summed E-state index contributed by atoms with van der Waals surface area (Å²) in [4.78, 5) is 0.380. The molecule has 0 amide bonds. The van der Waals surface area contributed by atoms with E-state index in [0.29, 0.717) is 10.7 Å². The minimum atomic E-state index is -0.757. The zero-order chi connectivity index (χ0) is 14.8. The van der Waals surface area contributed by atoms with Crippen LogP contribution in [0.5, 0.6) is 0 Å². The molecule has 4 unspecified atom stereocenters. The summed E-state index contributed by atoms with van der Waals surface area (Å²) in [6.45, 7) is 0. The van der Waals surface area contributed by atoms with Crippen LogP contribution in [0.25, 0.3) is 0 Å². The number of rotatable bonds is 3. The van der Waals surface area contributed by atoms with Crippen molar-refractivity contribution in [3.05, 3.63) is 35.4 Å². The van der Waals surface area contributed by atoms with Crippen molar-refractivity contribution in [3.63, 3.8) is 0 Å². The molecule has 21 heavy (non-hydrogen) atoms. The predicted molar refractivity (Wildman–Crippen MR) is 85.6 cm³/mol. The number of fused-ring (bicyclic) bond motifs is 1. The minimum Gasteiger partial charge on any atom is -0.204 e. The lowest BCUT2D eigenvalue weighted by atomic mass is 9.66. The quantitative estimate of drug-likeness (QED) is 0.593. The number of halogens is 3. The van der Waals surface area contributed by atoms with Gasteiger partial charge in [0.05, 0.1) is 0 Å². The highest BCUT2D eigenvalue weighted by atomic mass is 79.9. The first kappa shape index (κ1) is 15.5. The Labute approximate surface area is 134 Å². The second-order valence-corrected chi connectivity index (χ2v) is 8.02. The number of benzene rings is 1. The van der Waals surface area contributed by atoms with E-state index < -0.39 is 11.6 Å². The molecule has 4 atom stereocenters. The zero-order valence-electron chi connectivity index (χ0n) is 12.3. The van der Waals surface area contributed by atoms with E-state index in [0.717, 1.165) is 23.8 Å². The van der Waals surface area contributed by atoms with Gasteiger partial charge in [-0.15, -0.1) is 0 Å². The maximum Gasteiger partial charge on any atom is 0.159 e. The molecular formula is C18H23BrF2. The maximum atomic E-state index is 13.3. The Morgan fingerprint density at radius 1 is 1.00 bits per heavy atom. The third-order valence-corrected chi connectivity index (χ3v) is 6.58. The maximum absolute atomic E-state index is 13.3. The number of alkyl halides is 1. The molecule has 0 saturated heterocycles. The van der Waals surface area contributed by atoms with Crippen molar-refractivity contribution in [1.29, 1.82) is 0 Å². The van der Waals surface area contributed by atoms with Crippen molar-refractivity contribution in [2.24, 2.45) is 17.8 Å². The van der Waals surface area contributed by atoms with Crippen LogP contribution in [0.2, 0.25) is 0 Å². The van der Waals surface area contributed by atoms with Gasteiger partial charge in [0.2, 0.25) is 0 Å². The summed E-state index contributed by atoms with van der Waals surface area (Å²) < 4.78 is 26.3. The van der Waals surface area contributed by atoms with Crippen LogP contribution < -0.4 is 0 Å². The topological polar surface area (TPSA) is 0 Å². The van der Waals surface area contributed by atoms with Crippen LogP contribution in [-0.2, 0) is 6.42 Å². The van der Waals surface area contributed by atoms with E-state index >= 15 is 0 Å². The Hall–Kier alpha value is -0.440. The first-order valence-corrected chi connectivity index (χ1v) is 9.13. The van der Waals surface area contributed by atoms with E-state index in [1.165, 1.54) is 57.1 Å². The van der Waals surface area contributed by atoms with Gasteiger partial charge in [-0.1, -0.05) is 47.7 Å². The normalized spacial score (nSPS) is 30.7. The van der Waals surface area contributed by atoms with Crippen LogP contribution in [-0.4, -0.2) is 4.83 Å². The monoisotopic (exact) mass is 356 g/mol. The summed E-state index contributed by atoms with van der Waals surface area (Å²) in [5.74, 6) is 1.05. The lowest BCUT2D eigenvalue weighted by Crippen LogP contribution is -2.32. The molecule has 1 aromatic rings. The molecule has 0 spiro atoms. The minimum absolute atomic E-state index is 0.380. The smallest absolute Gasteiger partial charge is 0.159 e. The number of hydrogen-bond acceptors (Lipinski definition) is 0. The van der Waals surface area contributed by atoms with Gasteiger partial charge < -0.3 is 0 Å². The summed E-state index contributed by atoms with van der Waals surface area (Å²) in [5, 5.41) is 0. The fourth-order valence-electron chi connectivity index (χ4n) is 4.30. The average Bonchev–Trinajstić information content (AvgIpc) is 2.50. The SMILES string of the molecule is Fc1ccc(CC(Br)C2CCC3CCCCC3C2)cc1F. The van der Waals surface area contributed by atoms with Crippen molar-refractivity contribution < 1.29 is 8.78 Å². The molecule has 0 heterocycles. The summed E-state index contributed by atoms with van der Waals surface area (Å²) >= 11 is 3.82. The summed E-state index contributed by atoms with van der Waals surface area (Å²) in [6, 6.07) is 4.29. The molecule has 0 radical (unpaired) electrons. The second-order valence-electron chi connectivity index (χ2n) is 6.85. The lowest BCUT2D eigenvalue weighted by molar-refractivity contribution is 0.129. The average molecular weight is 357 g/mol. The van der Waals surface area contributed by atoms with Crippen molar-refractivity contribution in [3.8, 4) is 0 Å². The fraction of sp³-hybridized carbons (Fsp3) is 0.667. The van der Waals surface area contributed by atoms with Gasteiger partial charge in [0.15, 0.2) is 11.6 Å². The second kappa shape index (κ2) is 6.76. The van der Waals surface area contributed by atoms with Gasteiger partial charge in [-0.2, -0.15) is 0 Å². The van der Waals surface area contributed by atoms with Crippen molar-refractivity contribution >= 4 is 15.9 Å². The highest BCUT2D eigenvalue weighted by Crippen LogP contribution is 2.45. The van der Waals surface area contributed by atoms with Gasteiger partial charge in [0.1, 0.15) is 0 Å². The molecule has 3 rings (SSSR count). The van der Waals surface area contributed by atoms with E-state index in [9.17, 15) is 8.78 Å². The first-order chi connectivity index (χ1) is 10.1. The highest BCUT2D eigenvalue weighted by molar-refractivity contribution is 9.09. The van der Waals surface area contributed by atoms with E-state index in [1.54, 1.807) is 6.07 Å². The molecule has 116 valence electrons. The van der Waals surface area contributed by atoms with E-state index in [2.05, 4.69) is 15.9 Å². The standard InChI is InChI=1S/C18H23BrF2/c19-16(9-12-5-8-17(20)18(21)10-12)15-7-6-13-3-1-2-4-14(13)11-15/h5,8,10,13-16H,1-4,6-7,9,11H2. The summed E-state index contributed by atoms with van der Waals surface area (Å²) in [6.07, 6.45) is 10.4. The molecule has 2 aliphatic rings. The van der Waals surface area contributed by atoms with Crippen LogP contribution in [0.1, 0.15) is 50.5 Å². The third-order valence-electron chi connectivity index (χ3n) is 5.51. The van der Waals surface area contributed by atoms with Crippen molar-refractivity contribution in [1.82, 2.24) is 0 Å². The van der Waals surface area contributed by atoms with Gasteiger partial charge in [-0.25, -0.2) is 8.78 Å². The highest BCUT2D eigenvalue weighted by Gasteiger charge is 2.34. The van der Waals surface area contributed by atoms with Crippen molar-refractivity contribution in [2.45, 2.75) is 56.2 Å². The van der Waals surface area contributed by atoms with Crippen LogP contribution >= 0.6 is 15.9 Å². The van der Waals surface area contributed by atoms with Gasteiger partial charge in [-0.05, 0) is 61.1 Å². The third kappa shape index (κ3) is 3.67. The van der Waals surface area contributed by atoms with Crippen LogP contribution in [0.15, 0.2) is 18.2 Å². The molecule has 0 aliphatic heterocycles. The molecule has 2 saturated carbocycles. The molecule has 3 heteroatoms. The van der Waals surface area contributed by atoms with E-state index in [-0.39, 0.29) is 0 Å². The Morgan fingerprint density at radius 2 is 1.76 bits per heavy atom. The van der Waals surface area contributed by atoms with Crippen molar-refractivity contribution in [2.75, 3.05) is 0 Å². The molecule has 0 aromatic heterocycles. The Kier molecular flexibility index (Phi) is 4.98. The van der Waals surface area contributed by atoms with Gasteiger partial charge in [0.25, 0.3) is 0 Å². The molecule has 0 N–H and O–H groups in total. The van der Waals surface area contributed by atoms with Crippen LogP contribution in [0, 0.1) is 29.4 Å². The Morgan fingerprint density at radius 3 is 2.52 bits per heavy atom. The Bertz CT molecular complexity index is 488. The lowest BCUT2D eigenvalue weighted by Gasteiger charge is -2.41. The van der Waals surface area contributed by atoms with E-state index in [1.807, 2.05) is 0 Å². The molecule has 0 bridgehead atoms. The van der Waals surface area contributed by atoms with Gasteiger partial charge in [-0.3, -0.25) is 0 Å². The predicted octanol–water partition coefficient (Wildman–Crippen LogP) is 5.88. The molecule has 2 fully saturated rings. The van der Waals surface area contributed by atoms with Crippen LogP contribution in [0.3, 0.4) is 0 Å². The number of hydrogen-bond donors (Lipinski definition) is 0. The van der Waals surface area contributed by atoms with Gasteiger partial charge >= 0.3 is 0 Å². The summed E-state index contributed by atoms with van der Waals surface area (Å²) in [7, 11) is 0. The summed E-state index contributed by atoms with van der Waals surface area (Å²) in [5.41, 5.74) is 0.890. The molecule has 1 aromatic carbocycles. The molecule has 0 nitrogen and oxygen atoms in total. The van der Waals surface area contributed by atoms with Gasteiger partial charge in [0, 0.05) is 4.83 Å². The zero-order valence-corrected chi connectivity index (χ0v) is 13.9. The molecule has 2 aliphatic carbocycles.